The third-order valence-electron chi connectivity index (χ3n) is 4.48. The number of carbonyl (C=O) groups is 2. The van der Waals surface area contributed by atoms with Crippen LogP contribution in [0.5, 0.6) is 0 Å². The number of thiazole rings is 1. The van der Waals surface area contributed by atoms with Gasteiger partial charge in [0.2, 0.25) is 0 Å². The number of aryl methyl sites for hydroxylation is 3. The average molecular weight is 357 g/mol. The van der Waals surface area contributed by atoms with E-state index in [9.17, 15) is 9.59 Å². The summed E-state index contributed by atoms with van der Waals surface area (Å²) in [7, 11) is 0. The highest BCUT2D eigenvalue weighted by Gasteiger charge is 2.25. The molecule has 0 bridgehead atoms. The van der Waals surface area contributed by atoms with Crippen LogP contribution in [-0.2, 0) is 6.42 Å². The Kier molecular flexibility index (Phi) is 5.18. The van der Waals surface area contributed by atoms with Crippen LogP contribution < -0.4 is 5.32 Å². The minimum absolute atomic E-state index is 0.00109. The number of benzene rings is 1. The Labute approximate surface area is 152 Å². The van der Waals surface area contributed by atoms with Crippen molar-refractivity contribution in [3.05, 3.63) is 44.9 Å². The number of hydrogen-bond donors (Lipinski definition) is 1. The van der Waals surface area contributed by atoms with Crippen molar-refractivity contribution in [2.45, 2.75) is 40.0 Å². The van der Waals surface area contributed by atoms with Gasteiger partial charge in [0.05, 0.1) is 22.0 Å². The molecule has 1 N–H and O–H groups in total. The minimum Gasteiger partial charge on any atom is -0.339 e. The molecular formula is C19H23N3O2S. The largest absolute Gasteiger partial charge is 0.339 e. The second-order valence-corrected chi connectivity index (χ2v) is 7.41. The molecule has 3 rings (SSSR count). The first-order chi connectivity index (χ1) is 12.0. The molecule has 6 heteroatoms. The Morgan fingerprint density at radius 2 is 1.96 bits per heavy atom. The number of nitrogens with zero attached hydrogens (tertiary/aromatic N) is 2. The predicted molar refractivity (Wildman–Crippen MR) is 100 cm³/mol. The molecule has 1 aliphatic rings. The molecule has 1 aromatic heterocycles. The van der Waals surface area contributed by atoms with E-state index in [1.165, 1.54) is 11.3 Å². The number of anilines is 1. The van der Waals surface area contributed by atoms with E-state index in [4.69, 9.17) is 0 Å². The first-order valence-corrected chi connectivity index (χ1v) is 9.49. The Hall–Kier alpha value is -2.21. The second-order valence-electron chi connectivity index (χ2n) is 6.33. The van der Waals surface area contributed by atoms with E-state index in [1.807, 2.05) is 37.8 Å². The Morgan fingerprint density at radius 1 is 1.24 bits per heavy atom. The van der Waals surface area contributed by atoms with Crippen LogP contribution >= 0.6 is 11.3 Å². The molecule has 0 aliphatic carbocycles. The van der Waals surface area contributed by atoms with Gasteiger partial charge in [-0.3, -0.25) is 9.59 Å². The summed E-state index contributed by atoms with van der Waals surface area (Å²) in [6.07, 6.45) is 2.89. The summed E-state index contributed by atoms with van der Waals surface area (Å²) >= 11 is 1.41. The lowest BCUT2D eigenvalue weighted by atomic mass is 10.0. The van der Waals surface area contributed by atoms with Gasteiger partial charge in [-0.1, -0.05) is 19.1 Å². The van der Waals surface area contributed by atoms with Crippen molar-refractivity contribution in [3.8, 4) is 0 Å². The van der Waals surface area contributed by atoms with Crippen LogP contribution in [0.1, 0.15) is 56.1 Å². The number of likely N-dealkylation sites (tertiary alicyclic amines) is 1. The number of carbonyl (C=O) groups excluding carboxylic acids is 2. The third-order valence-corrected chi connectivity index (χ3v) is 5.78. The third kappa shape index (κ3) is 3.58. The van der Waals surface area contributed by atoms with Gasteiger partial charge in [-0.25, -0.2) is 4.98 Å². The molecule has 0 atom stereocenters. The lowest BCUT2D eigenvalue weighted by molar-refractivity contribution is 0.0793. The Bertz CT molecular complexity index is 807. The minimum atomic E-state index is -0.198. The van der Waals surface area contributed by atoms with Crippen molar-refractivity contribution >= 4 is 28.8 Å². The Morgan fingerprint density at radius 3 is 2.60 bits per heavy atom. The fraction of sp³-hybridized carbons (Fsp3) is 0.421. The zero-order valence-corrected chi connectivity index (χ0v) is 15.7. The van der Waals surface area contributed by atoms with Gasteiger partial charge in [-0.05, 0) is 44.7 Å². The van der Waals surface area contributed by atoms with Crippen molar-refractivity contribution < 1.29 is 9.59 Å². The molecular weight excluding hydrogens is 334 g/mol. The molecule has 0 spiro atoms. The zero-order valence-electron chi connectivity index (χ0n) is 14.9. The van der Waals surface area contributed by atoms with Gasteiger partial charge < -0.3 is 10.2 Å². The average Bonchev–Trinajstić information content (AvgIpc) is 3.24. The highest BCUT2D eigenvalue weighted by Crippen LogP contribution is 2.26. The predicted octanol–water partition coefficient (Wildman–Crippen LogP) is 3.81. The van der Waals surface area contributed by atoms with Crippen molar-refractivity contribution in [2.75, 3.05) is 18.4 Å². The van der Waals surface area contributed by atoms with Gasteiger partial charge in [-0.15, -0.1) is 11.3 Å². The van der Waals surface area contributed by atoms with E-state index in [0.29, 0.717) is 16.1 Å². The fourth-order valence-electron chi connectivity index (χ4n) is 3.13. The number of amides is 2. The van der Waals surface area contributed by atoms with Gasteiger partial charge in [0, 0.05) is 13.1 Å². The lowest BCUT2D eigenvalue weighted by Gasteiger charge is -2.19. The summed E-state index contributed by atoms with van der Waals surface area (Å²) in [5, 5.41) is 3.88. The van der Waals surface area contributed by atoms with Crippen LogP contribution in [0.2, 0.25) is 0 Å². The van der Waals surface area contributed by atoms with E-state index in [2.05, 4.69) is 10.3 Å². The van der Waals surface area contributed by atoms with Crippen LogP contribution in [-0.4, -0.2) is 34.8 Å². The Balaban J connectivity index is 1.89. The molecule has 132 valence electrons. The van der Waals surface area contributed by atoms with E-state index in [-0.39, 0.29) is 11.8 Å². The molecule has 2 heterocycles. The smallest absolute Gasteiger partial charge is 0.267 e. The zero-order chi connectivity index (χ0) is 18.0. The highest BCUT2D eigenvalue weighted by molar-refractivity contribution is 7.13. The summed E-state index contributed by atoms with van der Waals surface area (Å²) in [6, 6.07) is 5.57. The summed E-state index contributed by atoms with van der Waals surface area (Å²) in [4.78, 5) is 32.5. The lowest BCUT2D eigenvalue weighted by Crippen LogP contribution is -2.29. The van der Waals surface area contributed by atoms with Gasteiger partial charge in [0.15, 0.2) is 0 Å². The maximum absolute atomic E-state index is 12.9. The van der Waals surface area contributed by atoms with Crippen molar-refractivity contribution in [3.63, 3.8) is 0 Å². The standard InChI is InChI=1S/C19H23N3O2S/c1-4-15-20-13(3)17(25-15)18(23)21-14-9-7-8-12(2)16(14)19(24)22-10-5-6-11-22/h7-9H,4-6,10-11H2,1-3H3,(H,21,23). The number of nitrogens with one attached hydrogen (secondary N) is 1. The first kappa shape index (κ1) is 17.6. The van der Waals surface area contributed by atoms with E-state index in [1.54, 1.807) is 6.07 Å². The summed E-state index contributed by atoms with van der Waals surface area (Å²) in [5.41, 5.74) is 2.78. The summed E-state index contributed by atoms with van der Waals surface area (Å²) < 4.78 is 0. The molecule has 1 aliphatic heterocycles. The molecule has 1 aromatic carbocycles. The van der Waals surface area contributed by atoms with Crippen LogP contribution in [0.3, 0.4) is 0 Å². The first-order valence-electron chi connectivity index (χ1n) is 8.67. The number of aromatic nitrogens is 1. The maximum Gasteiger partial charge on any atom is 0.267 e. The molecule has 2 aromatic rings. The highest BCUT2D eigenvalue weighted by atomic mass is 32.1. The summed E-state index contributed by atoms with van der Waals surface area (Å²) in [5.74, 6) is -0.197. The van der Waals surface area contributed by atoms with E-state index in [0.717, 1.165) is 48.6 Å². The van der Waals surface area contributed by atoms with E-state index < -0.39 is 0 Å². The molecule has 25 heavy (non-hydrogen) atoms. The SMILES string of the molecule is CCc1nc(C)c(C(=O)Nc2cccc(C)c2C(=O)N2CCCC2)s1. The normalized spacial score (nSPS) is 14.0. The maximum atomic E-state index is 12.9. The van der Waals surface area contributed by atoms with Crippen molar-refractivity contribution in [2.24, 2.45) is 0 Å². The number of hydrogen-bond acceptors (Lipinski definition) is 4. The number of rotatable bonds is 4. The van der Waals surface area contributed by atoms with Crippen LogP contribution in [0.4, 0.5) is 5.69 Å². The van der Waals surface area contributed by atoms with Crippen LogP contribution in [0.25, 0.3) is 0 Å². The second kappa shape index (κ2) is 7.35. The molecule has 5 nitrogen and oxygen atoms in total. The molecule has 1 saturated heterocycles. The topological polar surface area (TPSA) is 62.3 Å². The van der Waals surface area contributed by atoms with Crippen LogP contribution in [0.15, 0.2) is 18.2 Å². The summed E-state index contributed by atoms with van der Waals surface area (Å²) in [6.45, 7) is 7.35. The quantitative estimate of drug-likeness (QED) is 0.905. The van der Waals surface area contributed by atoms with E-state index >= 15 is 0 Å². The van der Waals surface area contributed by atoms with Crippen molar-refractivity contribution in [1.82, 2.24) is 9.88 Å². The van der Waals surface area contributed by atoms with Crippen LogP contribution in [0, 0.1) is 13.8 Å². The monoisotopic (exact) mass is 357 g/mol. The molecule has 0 saturated carbocycles. The fourth-order valence-corrected chi connectivity index (χ4v) is 4.03. The van der Waals surface area contributed by atoms with Crippen molar-refractivity contribution in [1.29, 1.82) is 0 Å². The van der Waals surface area contributed by atoms with Gasteiger partial charge in [0.25, 0.3) is 11.8 Å². The van der Waals surface area contributed by atoms with Gasteiger partial charge in [-0.2, -0.15) is 0 Å². The molecule has 0 unspecified atom stereocenters. The van der Waals surface area contributed by atoms with Gasteiger partial charge in [0.1, 0.15) is 4.88 Å². The molecule has 1 fully saturated rings. The molecule has 0 radical (unpaired) electrons. The van der Waals surface area contributed by atoms with Gasteiger partial charge >= 0.3 is 0 Å². The molecule has 2 amide bonds.